The highest BCUT2D eigenvalue weighted by atomic mass is 79.9. The van der Waals surface area contributed by atoms with Gasteiger partial charge in [0.1, 0.15) is 67.3 Å². The zero-order valence-electron chi connectivity index (χ0n) is 85.4. The van der Waals surface area contributed by atoms with Gasteiger partial charge in [0.05, 0.1) is 95.7 Å². The number of hydrogen-bond acceptors (Lipinski definition) is 24. The first-order valence-electron chi connectivity index (χ1n) is 50.6. The van der Waals surface area contributed by atoms with E-state index in [-0.39, 0.29) is 89.4 Å². The van der Waals surface area contributed by atoms with Crippen molar-refractivity contribution in [2.24, 2.45) is 0 Å². The van der Waals surface area contributed by atoms with Crippen molar-refractivity contribution >= 4 is 97.5 Å². The Labute approximate surface area is 880 Å². The second-order valence-corrected chi connectivity index (χ2v) is 47.0. The number of nitriles is 4. The summed E-state index contributed by atoms with van der Waals surface area (Å²) in [5.41, 5.74) is 19.9. The number of likely N-dealkylation sites (tertiary alicyclic amines) is 4. The molecule has 21 rings (SSSR count). The van der Waals surface area contributed by atoms with E-state index in [1.165, 1.54) is 72.5 Å². The quantitative estimate of drug-likeness (QED) is 0.0531. The number of carbonyl (C=O) groups is 4. The third kappa shape index (κ3) is 21.6. The third-order valence-corrected chi connectivity index (χ3v) is 34.4. The highest BCUT2D eigenvalue weighted by Crippen LogP contribution is 2.55. The fourth-order valence-electron chi connectivity index (χ4n) is 22.4. The molecular weight excluding hydrogens is 1970 g/mol. The lowest BCUT2D eigenvalue weighted by molar-refractivity contribution is -0.128. The minimum Gasteiger partial charge on any atom is -0.490 e. The van der Waals surface area contributed by atoms with E-state index < -0.39 is 0 Å². The van der Waals surface area contributed by atoms with Crippen LogP contribution in [-0.4, -0.2) is 182 Å². The number of amides is 4. The molecule has 2 N–H and O–H groups in total. The Kier molecular flexibility index (Phi) is 31.7. The van der Waals surface area contributed by atoms with Gasteiger partial charge in [-0.25, -0.2) is 19.9 Å². The van der Waals surface area contributed by atoms with Gasteiger partial charge in [0.25, 0.3) is 0 Å². The molecule has 4 unspecified atom stereocenters. The summed E-state index contributed by atoms with van der Waals surface area (Å²) < 4.78 is 36.4. The molecule has 5 saturated heterocycles. The Morgan fingerprint density at radius 2 is 0.664 bits per heavy atom. The van der Waals surface area contributed by atoms with Crippen LogP contribution in [0.2, 0.25) is 0 Å². The summed E-state index contributed by atoms with van der Waals surface area (Å²) in [6.45, 7) is 33.8. The second-order valence-electron chi connectivity index (χ2n) is 41.5. The monoisotopic (exact) mass is 2090 g/mol. The maximum atomic E-state index is 12.7. The predicted octanol–water partition coefficient (Wildman–Crippen LogP) is 22.1. The number of aromatic nitrogens is 4. The van der Waals surface area contributed by atoms with Crippen LogP contribution in [0.1, 0.15) is 228 Å². The highest BCUT2D eigenvalue weighted by Gasteiger charge is 2.56. The molecule has 4 aromatic heterocycles. The zero-order valence-corrected chi connectivity index (χ0v) is 90.2. The Bertz CT molecular complexity index is 6630. The molecule has 9 heterocycles. The number of ether oxygens (including phenoxy) is 4. The van der Waals surface area contributed by atoms with Crippen molar-refractivity contribution in [2.75, 3.05) is 65.6 Å². The fraction of sp³-hybridized carbons (Fsp3) is 0.414. The first-order valence-corrected chi connectivity index (χ1v) is 54.7. The lowest BCUT2D eigenvalue weighted by Crippen LogP contribution is -2.41. The molecule has 754 valence electrons. The van der Waals surface area contributed by atoms with Crippen LogP contribution in [0.15, 0.2) is 174 Å². The number of hydrogen-bond donors (Lipinski definition) is 2. The zero-order chi connectivity index (χ0) is 103. The number of halogens is 1. The van der Waals surface area contributed by atoms with E-state index in [1.54, 1.807) is 50.0 Å². The molecular formula is C116H124BBrN12O12S4. The van der Waals surface area contributed by atoms with Crippen molar-refractivity contribution in [3.63, 3.8) is 0 Å². The van der Waals surface area contributed by atoms with Gasteiger partial charge in [-0.2, -0.15) is 21.0 Å². The fourth-order valence-corrected chi connectivity index (χ4v) is 26.5. The molecule has 0 saturated carbocycles. The number of aliphatic hydroxyl groups excluding tert-OH is 2. The number of aliphatic hydroxyl groups is 2. The van der Waals surface area contributed by atoms with E-state index in [0.717, 1.165) is 157 Å². The minimum absolute atomic E-state index is 0.00114. The average molecular weight is 2100 g/mol. The van der Waals surface area contributed by atoms with E-state index in [0.29, 0.717) is 109 Å². The molecule has 4 atom stereocenters. The molecule has 4 spiro atoms. The highest BCUT2D eigenvalue weighted by molar-refractivity contribution is 9.11. The average Bonchev–Trinajstić information content (AvgIpc) is 1.59. The van der Waals surface area contributed by atoms with Crippen LogP contribution in [0.4, 0.5) is 0 Å². The lowest BCUT2D eigenvalue weighted by Gasteiger charge is -2.32. The van der Waals surface area contributed by atoms with Gasteiger partial charge in [-0.05, 0) is 303 Å². The maximum Gasteiger partial charge on any atom is 0.495 e. The standard InChI is InChI=1S/C28H29N3O2S.2C27H27N3O3S.C21H30BNO3.C13H11BrN2OS/c1-4-12-31-17-28(14-26(31)32)11-10-21-22(6-5-7-23(21)28)25-16-30-27(34-25)19-8-9-24(33-18(2)3)20(13-19)15-29;2*1-17(2)33-23-7-6-18(12-19(23)14-28)26-29-15-24(34-26)21-4-3-5-22-20(21)8-9-27(22)13-25(32)30(16-27)10-11-31;1-6-12-23-14-21(13-18(23)24)11-10-15-16(21)8-7-9-17(15)22-25-19(2,3)20(4,5)26-22;1-8(2)17-11-4-3-9(5-10(11)6-15)13-16-7-12(14)18-13/h5-9,13,16,18H,4,10-12,14,17H2,1-3H3;2*3-7,12,15,17,31H,8-11,13,16H2,1-2H3;7-9H,6,10-14H2,1-5H3;3-5,7-8H,1-2H3. The van der Waals surface area contributed by atoms with Crippen molar-refractivity contribution in [2.45, 2.75) is 244 Å². The van der Waals surface area contributed by atoms with E-state index in [4.69, 9.17) is 38.5 Å². The van der Waals surface area contributed by atoms with Gasteiger partial charge in [-0.15, -0.1) is 45.3 Å². The van der Waals surface area contributed by atoms with Gasteiger partial charge in [0.15, 0.2) is 0 Å². The van der Waals surface area contributed by atoms with Crippen LogP contribution in [0.25, 0.3) is 73.6 Å². The van der Waals surface area contributed by atoms with E-state index in [9.17, 15) is 45.2 Å². The molecule has 146 heavy (non-hydrogen) atoms. The van der Waals surface area contributed by atoms with Crippen molar-refractivity contribution in [1.29, 1.82) is 21.0 Å². The van der Waals surface area contributed by atoms with Crippen LogP contribution >= 0.6 is 61.3 Å². The minimum atomic E-state index is -0.335. The van der Waals surface area contributed by atoms with Crippen LogP contribution in [0.5, 0.6) is 23.0 Å². The van der Waals surface area contributed by atoms with Crippen LogP contribution < -0.4 is 24.4 Å². The molecule has 24 nitrogen and oxygen atoms in total. The number of β-amino-alcohol motifs (C(OH)–C–C–N with tert-alkyl or cyclic N) is 2. The van der Waals surface area contributed by atoms with Gasteiger partial charge in [-0.3, -0.25) is 19.2 Å². The molecule has 4 amide bonds. The number of carbonyl (C=O) groups excluding carboxylic acids is 4. The topological polar surface area (TPSA) is 324 Å². The largest absolute Gasteiger partial charge is 0.495 e. The number of fused-ring (bicyclic) bond motifs is 8. The third-order valence-electron chi connectivity index (χ3n) is 29.6. The first-order chi connectivity index (χ1) is 70.1. The van der Waals surface area contributed by atoms with E-state index in [2.05, 4.69) is 174 Å². The Morgan fingerprint density at radius 3 is 0.938 bits per heavy atom. The van der Waals surface area contributed by atoms with Crippen LogP contribution in [0.3, 0.4) is 0 Å². The second kappa shape index (κ2) is 44.0. The van der Waals surface area contributed by atoms with Crippen molar-refractivity contribution in [3.8, 4) is 121 Å². The summed E-state index contributed by atoms with van der Waals surface area (Å²) in [5.74, 6) is 3.26. The lowest BCUT2D eigenvalue weighted by atomic mass is 9.73. The normalized spacial score (nSPS) is 19.8. The summed E-state index contributed by atoms with van der Waals surface area (Å²) in [5, 5.41) is 60.0. The first kappa shape index (κ1) is 105. The molecule has 5 fully saturated rings. The van der Waals surface area contributed by atoms with Crippen molar-refractivity contribution < 1.29 is 57.6 Å². The van der Waals surface area contributed by atoms with Gasteiger partial charge in [0, 0.05) is 141 Å². The van der Waals surface area contributed by atoms with E-state index in [1.807, 2.05) is 152 Å². The van der Waals surface area contributed by atoms with Crippen molar-refractivity contribution in [1.82, 2.24) is 39.5 Å². The molecule has 9 aliphatic rings. The number of benzene rings is 8. The summed E-state index contributed by atoms with van der Waals surface area (Å²) in [4.78, 5) is 79.6. The summed E-state index contributed by atoms with van der Waals surface area (Å²) in [6, 6.07) is 57.1. The SMILES string of the molecule is CC(C)Oc1ccc(-c2ncc(-c3cccc4c3CCC43CC(=O)N(CCO)C3)s2)cc1C#N.CC(C)Oc1ccc(-c2ncc(-c3cccc4c3CCC43CC(=O)N(CCO)C3)s2)cc1C#N.CC(C)Oc1ccc(-c2ncc(Br)s2)cc1C#N.CCCN1CC2(CCc3c(-c4cnc(-c5ccc(OC(C)C)c(C#N)c5)s4)cccc32)CC1=O.CCCN1CC2(CCc3c(B4OC(C)(C)C(C)(C)O4)cccc32)CC1=O. The predicted molar refractivity (Wildman–Crippen MR) is 578 cm³/mol. The Morgan fingerprint density at radius 1 is 0.390 bits per heavy atom. The van der Waals surface area contributed by atoms with Gasteiger partial charge in [0.2, 0.25) is 23.6 Å². The molecule has 0 radical (unpaired) electrons. The number of thiazole rings is 4. The van der Waals surface area contributed by atoms with Crippen molar-refractivity contribution in [3.05, 3.63) is 241 Å². The molecule has 0 bridgehead atoms. The van der Waals surface area contributed by atoms with Crippen LogP contribution in [0, 0.1) is 45.3 Å². The number of nitrogens with zero attached hydrogens (tertiary/aromatic N) is 12. The van der Waals surface area contributed by atoms with Gasteiger partial charge < -0.3 is 58.1 Å². The molecule has 4 aliphatic carbocycles. The summed E-state index contributed by atoms with van der Waals surface area (Å²) in [7, 11) is -0.325. The smallest absolute Gasteiger partial charge is 0.490 e. The Balaban J connectivity index is 0.000000127. The number of rotatable bonds is 24. The Hall–Kier alpha value is -12.3. The van der Waals surface area contributed by atoms with E-state index >= 15 is 0 Å². The maximum absolute atomic E-state index is 12.7. The molecule has 5 aliphatic heterocycles. The van der Waals surface area contributed by atoms with Gasteiger partial charge >= 0.3 is 7.12 Å². The molecule has 8 aromatic carbocycles. The van der Waals surface area contributed by atoms with Gasteiger partial charge in [-0.1, -0.05) is 86.6 Å². The molecule has 30 heteroatoms. The summed E-state index contributed by atoms with van der Waals surface area (Å²) >= 11 is 9.78. The summed E-state index contributed by atoms with van der Waals surface area (Å²) in [6.07, 6.45) is 19.7. The molecule has 12 aromatic rings. The van der Waals surface area contributed by atoms with Crippen LogP contribution in [-0.2, 0) is 75.8 Å².